The molecule has 4 nitrogen and oxygen atoms in total. The van der Waals surface area contributed by atoms with Gasteiger partial charge in [-0.15, -0.1) is 11.3 Å². The van der Waals surface area contributed by atoms with E-state index in [-0.39, 0.29) is 11.9 Å². The molecule has 2 heterocycles. The largest absolute Gasteiger partial charge is 0.336 e. The molecule has 0 aliphatic carbocycles. The number of unbranched alkanes of at least 4 members (excludes halogenated alkanes) is 1. The third-order valence-electron chi connectivity index (χ3n) is 3.23. The molecule has 1 unspecified atom stereocenters. The van der Waals surface area contributed by atoms with Crippen molar-refractivity contribution in [3.63, 3.8) is 0 Å². The number of thiazole rings is 1. The first-order valence-corrected chi connectivity index (χ1v) is 8.83. The first-order valence-electron chi connectivity index (χ1n) is 6.80. The minimum atomic E-state index is -0.0246. The minimum absolute atomic E-state index is 0.0246. The van der Waals surface area contributed by atoms with Gasteiger partial charge in [0.2, 0.25) is 0 Å². The van der Waals surface area contributed by atoms with E-state index in [0.29, 0.717) is 5.69 Å². The molecule has 2 N–H and O–H groups in total. The van der Waals surface area contributed by atoms with Crippen molar-refractivity contribution in [1.29, 1.82) is 0 Å². The van der Waals surface area contributed by atoms with Crippen LogP contribution in [0.2, 0.25) is 0 Å². The highest BCUT2D eigenvalue weighted by Crippen LogP contribution is 2.22. The summed E-state index contributed by atoms with van der Waals surface area (Å²) in [5.41, 5.74) is 6.66. The number of hydrogen-bond acceptors (Lipinski definition) is 5. The van der Waals surface area contributed by atoms with Crippen molar-refractivity contribution in [2.75, 3.05) is 24.6 Å². The van der Waals surface area contributed by atoms with E-state index in [2.05, 4.69) is 11.9 Å². The van der Waals surface area contributed by atoms with E-state index >= 15 is 0 Å². The van der Waals surface area contributed by atoms with Crippen molar-refractivity contribution < 1.29 is 4.79 Å². The second-order valence-electron chi connectivity index (χ2n) is 4.72. The van der Waals surface area contributed by atoms with E-state index in [1.165, 1.54) is 11.3 Å². The molecule has 6 heteroatoms. The van der Waals surface area contributed by atoms with Crippen LogP contribution >= 0.6 is 23.1 Å². The van der Waals surface area contributed by atoms with Crippen LogP contribution in [0.1, 0.15) is 47.7 Å². The minimum Gasteiger partial charge on any atom is -0.336 e. The molecule has 1 amide bonds. The molecule has 1 aromatic heterocycles. The Bertz CT molecular complexity index is 416. The van der Waals surface area contributed by atoms with Crippen LogP contribution in [0.5, 0.6) is 0 Å². The van der Waals surface area contributed by atoms with Crippen LogP contribution in [0.15, 0.2) is 5.38 Å². The maximum Gasteiger partial charge on any atom is 0.273 e. The molecule has 106 valence electrons. The lowest BCUT2D eigenvalue weighted by atomic mass is 10.1. The lowest BCUT2D eigenvalue weighted by Crippen LogP contribution is -2.38. The Hall–Kier alpha value is -0.590. The van der Waals surface area contributed by atoms with Crippen LogP contribution in [0, 0.1) is 0 Å². The van der Waals surface area contributed by atoms with Crippen LogP contribution in [-0.2, 0) is 0 Å². The lowest BCUT2D eigenvalue weighted by molar-refractivity contribution is 0.0767. The zero-order chi connectivity index (χ0) is 13.7. The van der Waals surface area contributed by atoms with Crippen molar-refractivity contribution in [3.05, 3.63) is 16.1 Å². The molecular weight excluding hydrogens is 278 g/mol. The summed E-state index contributed by atoms with van der Waals surface area (Å²) >= 11 is 3.41. The Morgan fingerprint density at radius 2 is 2.26 bits per heavy atom. The second kappa shape index (κ2) is 7.26. The highest BCUT2D eigenvalue weighted by atomic mass is 32.2. The SMILES string of the molecule is CCCCC(N)c1nc(C(=O)N2CCSCC2)cs1. The van der Waals surface area contributed by atoms with Gasteiger partial charge in [0.15, 0.2) is 0 Å². The van der Waals surface area contributed by atoms with E-state index in [0.717, 1.165) is 48.9 Å². The summed E-state index contributed by atoms with van der Waals surface area (Å²) in [5, 5.41) is 2.74. The number of hydrogen-bond donors (Lipinski definition) is 1. The summed E-state index contributed by atoms with van der Waals surface area (Å²) in [7, 11) is 0. The maximum absolute atomic E-state index is 12.3. The van der Waals surface area contributed by atoms with Gasteiger partial charge in [-0.3, -0.25) is 4.79 Å². The molecule has 1 aromatic rings. The normalized spacial score (nSPS) is 17.5. The fourth-order valence-corrected chi connectivity index (χ4v) is 3.76. The van der Waals surface area contributed by atoms with Gasteiger partial charge in [0, 0.05) is 30.0 Å². The van der Waals surface area contributed by atoms with Gasteiger partial charge in [0.05, 0.1) is 6.04 Å². The number of thioether (sulfide) groups is 1. The van der Waals surface area contributed by atoms with Gasteiger partial charge in [0.25, 0.3) is 5.91 Å². The molecule has 2 rings (SSSR count). The van der Waals surface area contributed by atoms with E-state index in [1.807, 2.05) is 22.0 Å². The quantitative estimate of drug-likeness (QED) is 0.907. The van der Waals surface area contributed by atoms with Crippen molar-refractivity contribution in [2.45, 2.75) is 32.2 Å². The van der Waals surface area contributed by atoms with Crippen molar-refractivity contribution in [1.82, 2.24) is 9.88 Å². The van der Waals surface area contributed by atoms with Crippen LogP contribution in [0.25, 0.3) is 0 Å². The summed E-state index contributed by atoms with van der Waals surface area (Å²) in [4.78, 5) is 18.6. The third kappa shape index (κ3) is 3.94. The molecule has 1 saturated heterocycles. The molecule has 0 bridgehead atoms. The zero-order valence-corrected chi connectivity index (χ0v) is 12.9. The molecule has 1 fully saturated rings. The molecule has 1 aliphatic heterocycles. The van der Waals surface area contributed by atoms with Crippen molar-refractivity contribution in [3.8, 4) is 0 Å². The number of amides is 1. The standard InChI is InChI=1S/C13H21N3OS2/c1-2-3-4-10(14)12-15-11(9-19-12)13(17)16-5-7-18-8-6-16/h9-10H,2-8,14H2,1H3. The molecule has 0 aromatic carbocycles. The van der Waals surface area contributed by atoms with Gasteiger partial charge in [-0.25, -0.2) is 4.98 Å². The molecule has 1 aliphatic rings. The lowest BCUT2D eigenvalue weighted by Gasteiger charge is -2.25. The molecule has 0 radical (unpaired) electrons. The van der Waals surface area contributed by atoms with E-state index < -0.39 is 0 Å². The highest BCUT2D eigenvalue weighted by molar-refractivity contribution is 7.99. The predicted octanol–water partition coefficient (Wildman–Crippen LogP) is 2.52. The zero-order valence-electron chi connectivity index (χ0n) is 11.3. The van der Waals surface area contributed by atoms with E-state index in [9.17, 15) is 4.79 Å². The Morgan fingerprint density at radius 3 is 2.95 bits per heavy atom. The number of rotatable bonds is 5. The fraction of sp³-hybridized carbons (Fsp3) is 0.692. The number of carbonyl (C=O) groups is 1. The molecule has 1 atom stereocenters. The molecule has 0 saturated carbocycles. The first-order chi connectivity index (χ1) is 9.22. The summed E-state index contributed by atoms with van der Waals surface area (Å²) in [6.07, 6.45) is 3.18. The summed E-state index contributed by atoms with van der Waals surface area (Å²) in [6.45, 7) is 3.81. The van der Waals surface area contributed by atoms with Crippen molar-refractivity contribution in [2.24, 2.45) is 5.73 Å². The average molecular weight is 299 g/mol. The van der Waals surface area contributed by atoms with Gasteiger partial charge >= 0.3 is 0 Å². The van der Waals surface area contributed by atoms with Gasteiger partial charge in [-0.2, -0.15) is 11.8 Å². The Labute approximate surface area is 122 Å². The summed E-state index contributed by atoms with van der Waals surface area (Å²) < 4.78 is 0. The molecule has 19 heavy (non-hydrogen) atoms. The summed E-state index contributed by atoms with van der Waals surface area (Å²) in [5.74, 6) is 2.11. The number of aromatic nitrogens is 1. The Balaban J connectivity index is 1.97. The summed E-state index contributed by atoms with van der Waals surface area (Å²) in [6, 6.07) is -0.0246. The van der Waals surface area contributed by atoms with Gasteiger partial charge in [-0.05, 0) is 6.42 Å². The monoisotopic (exact) mass is 299 g/mol. The molecular formula is C13H21N3OS2. The second-order valence-corrected chi connectivity index (χ2v) is 6.84. The number of carbonyl (C=O) groups excluding carboxylic acids is 1. The predicted molar refractivity (Wildman–Crippen MR) is 81.8 cm³/mol. The third-order valence-corrected chi connectivity index (χ3v) is 5.14. The average Bonchev–Trinajstić information content (AvgIpc) is 2.94. The van der Waals surface area contributed by atoms with Gasteiger partial charge < -0.3 is 10.6 Å². The van der Waals surface area contributed by atoms with Crippen molar-refractivity contribution >= 4 is 29.0 Å². The number of nitrogens with two attached hydrogens (primary N) is 1. The van der Waals surface area contributed by atoms with Crippen LogP contribution in [0.4, 0.5) is 0 Å². The van der Waals surface area contributed by atoms with E-state index in [1.54, 1.807) is 0 Å². The fourth-order valence-electron chi connectivity index (χ4n) is 2.03. The Kier molecular flexibility index (Phi) is 5.66. The topological polar surface area (TPSA) is 59.2 Å². The molecule has 0 spiro atoms. The number of nitrogens with zero attached hydrogens (tertiary/aromatic N) is 2. The van der Waals surface area contributed by atoms with Gasteiger partial charge in [-0.1, -0.05) is 19.8 Å². The van der Waals surface area contributed by atoms with Crippen LogP contribution < -0.4 is 5.73 Å². The Morgan fingerprint density at radius 1 is 1.53 bits per heavy atom. The smallest absolute Gasteiger partial charge is 0.273 e. The van der Waals surface area contributed by atoms with E-state index in [4.69, 9.17) is 5.73 Å². The van der Waals surface area contributed by atoms with Crippen LogP contribution in [-0.4, -0.2) is 40.4 Å². The highest BCUT2D eigenvalue weighted by Gasteiger charge is 2.21. The van der Waals surface area contributed by atoms with Crippen LogP contribution in [0.3, 0.4) is 0 Å². The van der Waals surface area contributed by atoms with Gasteiger partial charge in [0.1, 0.15) is 10.7 Å². The first kappa shape index (κ1) is 14.8. The maximum atomic E-state index is 12.3.